The van der Waals surface area contributed by atoms with Crippen molar-refractivity contribution in [3.8, 4) is 0 Å². The van der Waals surface area contributed by atoms with E-state index >= 15 is 0 Å². The molecule has 1 aromatic carbocycles. The Hall–Kier alpha value is -1.79. The summed E-state index contributed by atoms with van der Waals surface area (Å²) in [5.41, 5.74) is 0.774. The average molecular weight is 355 g/mol. The van der Waals surface area contributed by atoms with E-state index in [4.69, 9.17) is 0 Å². The van der Waals surface area contributed by atoms with Crippen molar-refractivity contribution in [2.75, 3.05) is 38.5 Å². The van der Waals surface area contributed by atoms with Crippen LogP contribution in [0.25, 0.3) is 0 Å². The second-order valence-electron chi connectivity index (χ2n) is 5.83. The van der Waals surface area contributed by atoms with Gasteiger partial charge < -0.3 is 20.9 Å². The maximum Gasteiger partial charge on any atom is 0.321 e. The average Bonchev–Trinajstić information content (AvgIpc) is 2.59. The number of piperidine rings is 1. The molecule has 1 aliphatic heterocycles. The molecule has 1 aliphatic rings. The number of rotatable bonds is 6. The standard InChI is InChI=1S/C17H26N4O2.ClH/c1-18-10-6-11-19-16(22)14-7-5-12-21(13-14)17(23)20-15-8-3-2-4-9-15;/h2-4,8-9,14,18H,5-7,10-13H2,1H3,(H,19,22)(H,20,23);1H. The summed E-state index contributed by atoms with van der Waals surface area (Å²) < 4.78 is 0. The molecule has 2 rings (SSSR count). The molecular formula is C17H27ClN4O2. The summed E-state index contributed by atoms with van der Waals surface area (Å²) in [5, 5.41) is 8.89. The van der Waals surface area contributed by atoms with Gasteiger partial charge in [0.25, 0.3) is 0 Å². The lowest BCUT2D eigenvalue weighted by molar-refractivity contribution is -0.126. The SMILES string of the molecule is CNCCCNC(=O)C1CCCN(C(=O)Nc2ccccc2)C1.Cl. The van der Waals surface area contributed by atoms with Gasteiger partial charge in [-0.3, -0.25) is 4.79 Å². The third-order valence-corrected chi connectivity index (χ3v) is 4.01. The highest BCUT2D eigenvalue weighted by Crippen LogP contribution is 2.18. The number of para-hydroxylation sites is 1. The minimum absolute atomic E-state index is 0. The van der Waals surface area contributed by atoms with E-state index in [0.29, 0.717) is 19.6 Å². The molecule has 6 nitrogen and oxygen atoms in total. The molecule has 0 bridgehead atoms. The third kappa shape index (κ3) is 6.37. The van der Waals surface area contributed by atoms with Crippen LogP contribution in [-0.2, 0) is 4.79 Å². The Morgan fingerprint density at radius 3 is 2.67 bits per heavy atom. The molecular weight excluding hydrogens is 328 g/mol. The summed E-state index contributed by atoms with van der Waals surface area (Å²) in [6.07, 6.45) is 2.61. The van der Waals surface area contributed by atoms with Crippen molar-refractivity contribution in [3.63, 3.8) is 0 Å². The van der Waals surface area contributed by atoms with E-state index in [2.05, 4.69) is 16.0 Å². The summed E-state index contributed by atoms with van der Waals surface area (Å²) in [4.78, 5) is 26.2. The van der Waals surface area contributed by atoms with Crippen LogP contribution < -0.4 is 16.0 Å². The summed E-state index contributed by atoms with van der Waals surface area (Å²) in [7, 11) is 1.90. The number of benzene rings is 1. The molecule has 3 N–H and O–H groups in total. The summed E-state index contributed by atoms with van der Waals surface area (Å²) in [6, 6.07) is 9.25. The number of nitrogens with one attached hydrogen (secondary N) is 3. The molecule has 1 aromatic rings. The van der Waals surface area contributed by atoms with E-state index in [0.717, 1.165) is 31.5 Å². The van der Waals surface area contributed by atoms with E-state index in [1.165, 1.54) is 0 Å². The minimum atomic E-state index is -0.135. The van der Waals surface area contributed by atoms with Gasteiger partial charge in [-0.2, -0.15) is 0 Å². The van der Waals surface area contributed by atoms with Crippen molar-refractivity contribution in [3.05, 3.63) is 30.3 Å². The topological polar surface area (TPSA) is 73.5 Å². The Labute approximate surface area is 149 Å². The Morgan fingerprint density at radius 2 is 1.96 bits per heavy atom. The van der Waals surface area contributed by atoms with Gasteiger partial charge in [-0.05, 0) is 45.0 Å². The number of hydrogen-bond acceptors (Lipinski definition) is 3. The molecule has 1 saturated heterocycles. The van der Waals surface area contributed by atoms with Crippen LogP contribution in [0.3, 0.4) is 0 Å². The first-order chi connectivity index (χ1) is 11.2. The Bertz CT molecular complexity index is 513. The first-order valence-corrected chi connectivity index (χ1v) is 8.24. The predicted octanol–water partition coefficient (Wildman–Crippen LogP) is 2.08. The van der Waals surface area contributed by atoms with Crippen LogP contribution in [0.15, 0.2) is 30.3 Å². The summed E-state index contributed by atoms with van der Waals surface area (Å²) in [6.45, 7) is 2.74. The van der Waals surface area contributed by atoms with E-state index in [-0.39, 0.29) is 30.3 Å². The molecule has 1 unspecified atom stereocenters. The van der Waals surface area contributed by atoms with E-state index < -0.39 is 0 Å². The number of likely N-dealkylation sites (tertiary alicyclic amines) is 1. The lowest BCUT2D eigenvalue weighted by atomic mass is 9.97. The first kappa shape index (κ1) is 20.3. The second kappa shape index (κ2) is 10.9. The number of urea groups is 1. The minimum Gasteiger partial charge on any atom is -0.356 e. The zero-order valence-corrected chi connectivity index (χ0v) is 14.9. The first-order valence-electron chi connectivity index (χ1n) is 8.24. The maximum absolute atomic E-state index is 12.3. The van der Waals surface area contributed by atoms with Crippen LogP contribution in [0, 0.1) is 5.92 Å². The zero-order chi connectivity index (χ0) is 16.5. The van der Waals surface area contributed by atoms with Gasteiger partial charge in [-0.15, -0.1) is 12.4 Å². The van der Waals surface area contributed by atoms with Crippen LogP contribution in [0.1, 0.15) is 19.3 Å². The van der Waals surface area contributed by atoms with E-state index in [1.807, 2.05) is 37.4 Å². The van der Waals surface area contributed by atoms with Gasteiger partial charge in [0.05, 0.1) is 5.92 Å². The molecule has 1 heterocycles. The zero-order valence-electron chi connectivity index (χ0n) is 14.1. The molecule has 1 fully saturated rings. The predicted molar refractivity (Wildman–Crippen MR) is 98.6 cm³/mol. The molecule has 24 heavy (non-hydrogen) atoms. The molecule has 7 heteroatoms. The third-order valence-electron chi connectivity index (χ3n) is 4.01. The van der Waals surface area contributed by atoms with Crippen LogP contribution in [0.4, 0.5) is 10.5 Å². The number of hydrogen-bond donors (Lipinski definition) is 3. The summed E-state index contributed by atoms with van der Waals surface area (Å²) >= 11 is 0. The lowest BCUT2D eigenvalue weighted by Crippen LogP contribution is -2.47. The maximum atomic E-state index is 12.3. The highest BCUT2D eigenvalue weighted by Gasteiger charge is 2.28. The number of amides is 3. The number of halogens is 1. The Morgan fingerprint density at radius 1 is 1.21 bits per heavy atom. The van der Waals surface area contributed by atoms with Crippen molar-refractivity contribution in [1.29, 1.82) is 0 Å². The summed E-state index contributed by atoms with van der Waals surface area (Å²) in [5.74, 6) is -0.0572. The quantitative estimate of drug-likeness (QED) is 0.685. The van der Waals surface area contributed by atoms with Gasteiger partial charge in [0.1, 0.15) is 0 Å². The molecule has 0 spiro atoms. The van der Waals surface area contributed by atoms with Gasteiger partial charge >= 0.3 is 6.03 Å². The molecule has 1 atom stereocenters. The number of anilines is 1. The van der Waals surface area contributed by atoms with E-state index in [1.54, 1.807) is 4.90 Å². The number of carbonyl (C=O) groups excluding carboxylic acids is 2. The normalized spacial score (nSPS) is 16.9. The fourth-order valence-electron chi connectivity index (χ4n) is 2.72. The van der Waals surface area contributed by atoms with Gasteiger partial charge in [0, 0.05) is 25.3 Å². The fraction of sp³-hybridized carbons (Fsp3) is 0.529. The molecule has 0 aliphatic carbocycles. The van der Waals surface area contributed by atoms with Gasteiger partial charge in [-0.25, -0.2) is 4.79 Å². The number of nitrogens with zero attached hydrogens (tertiary/aromatic N) is 1. The molecule has 0 aromatic heterocycles. The van der Waals surface area contributed by atoms with Crippen LogP contribution in [0.2, 0.25) is 0 Å². The van der Waals surface area contributed by atoms with Crippen molar-refractivity contribution in [1.82, 2.24) is 15.5 Å². The molecule has 3 amide bonds. The van der Waals surface area contributed by atoms with Crippen molar-refractivity contribution >= 4 is 30.0 Å². The largest absolute Gasteiger partial charge is 0.356 e. The van der Waals surface area contributed by atoms with Gasteiger partial charge in [0.15, 0.2) is 0 Å². The lowest BCUT2D eigenvalue weighted by Gasteiger charge is -2.32. The number of carbonyl (C=O) groups is 2. The monoisotopic (exact) mass is 354 g/mol. The highest BCUT2D eigenvalue weighted by molar-refractivity contribution is 5.90. The Kier molecular flexibility index (Phi) is 9.19. The smallest absolute Gasteiger partial charge is 0.321 e. The molecule has 0 radical (unpaired) electrons. The second-order valence-corrected chi connectivity index (χ2v) is 5.83. The van der Waals surface area contributed by atoms with Crippen molar-refractivity contribution in [2.45, 2.75) is 19.3 Å². The highest BCUT2D eigenvalue weighted by atomic mass is 35.5. The van der Waals surface area contributed by atoms with Gasteiger partial charge in [-0.1, -0.05) is 18.2 Å². The molecule has 134 valence electrons. The molecule has 0 saturated carbocycles. The van der Waals surface area contributed by atoms with Crippen LogP contribution >= 0.6 is 12.4 Å². The van der Waals surface area contributed by atoms with Gasteiger partial charge in [0.2, 0.25) is 5.91 Å². The fourth-order valence-corrected chi connectivity index (χ4v) is 2.72. The van der Waals surface area contributed by atoms with Crippen molar-refractivity contribution < 1.29 is 9.59 Å². The Balaban J connectivity index is 0.00000288. The van der Waals surface area contributed by atoms with Crippen LogP contribution in [0.5, 0.6) is 0 Å². The van der Waals surface area contributed by atoms with E-state index in [9.17, 15) is 9.59 Å². The van der Waals surface area contributed by atoms with Crippen molar-refractivity contribution in [2.24, 2.45) is 5.92 Å². The van der Waals surface area contributed by atoms with Crippen LogP contribution in [-0.4, -0.2) is 50.1 Å².